The van der Waals surface area contributed by atoms with Crippen molar-refractivity contribution in [3.63, 3.8) is 0 Å². The first kappa shape index (κ1) is 17.6. The first-order valence-corrected chi connectivity index (χ1v) is 8.55. The number of halogens is 1. The molecular formula is C18H16FN7O2. The second-order valence-electron chi connectivity index (χ2n) is 6.18. The zero-order valence-electron chi connectivity index (χ0n) is 14.7. The molecule has 2 aromatic carbocycles. The monoisotopic (exact) mass is 381 g/mol. The molecule has 1 aliphatic heterocycles. The molecular weight excluding hydrogens is 365 g/mol. The Morgan fingerprint density at radius 1 is 1.04 bits per heavy atom. The van der Waals surface area contributed by atoms with E-state index in [1.807, 2.05) is 0 Å². The molecule has 28 heavy (non-hydrogen) atoms. The molecule has 0 saturated carbocycles. The fourth-order valence-corrected chi connectivity index (χ4v) is 2.94. The standard InChI is InChI=1S/C18H16FN7O2/c19-13-1-5-15(6-2-13)25-10-9-24(18(25)28)11-17(27)21-14-3-7-16(8-4-14)26-12-20-22-23-26/h1-8,12H,9-11H2,(H,21,27). The SMILES string of the molecule is O=C(CN1CCN(c2ccc(F)cc2)C1=O)Nc1ccc(-n2cnnn2)cc1. The lowest BCUT2D eigenvalue weighted by molar-refractivity contribution is -0.116. The molecule has 1 aliphatic rings. The van der Waals surface area contributed by atoms with Crippen molar-refractivity contribution in [3.05, 3.63) is 60.7 Å². The van der Waals surface area contributed by atoms with Crippen LogP contribution in [-0.2, 0) is 4.79 Å². The number of aromatic nitrogens is 4. The van der Waals surface area contributed by atoms with Crippen LogP contribution in [-0.4, -0.2) is 56.7 Å². The molecule has 9 nitrogen and oxygen atoms in total. The van der Waals surface area contributed by atoms with E-state index in [4.69, 9.17) is 0 Å². The van der Waals surface area contributed by atoms with Gasteiger partial charge in [-0.1, -0.05) is 0 Å². The van der Waals surface area contributed by atoms with Crippen LogP contribution >= 0.6 is 0 Å². The fourth-order valence-electron chi connectivity index (χ4n) is 2.94. The van der Waals surface area contributed by atoms with Gasteiger partial charge in [-0.05, 0) is 59.0 Å². The summed E-state index contributed by atoms with van der Waals surface area (Å²) >= 11 is 0. The molecule has 1 fully saturated rings. The summed E-state index contributed by atoms with van der Waals surface area (Å²) in [4.78, 5) is 27.8. The molecule has 0 atom stereocenters. The summed E-state index contributed by atoms with van der Waals surface area (Å²) in [6.45, 7) is 0.797. The number of anilines is 2. The normalized spacial score (nSPS) is 13.8. The maximum atomic E-state index is 13.1. The molecule has 3 amide bonds. The third-order valence-electron chi connectivity index (χ3n) is 4.33. The zero-order chi connectivity index (χ0) is 19.5. The number of rotatable bonds is 5. The van der Waals surface area contributed by atoms with Gasteiger partial charge in [-0.2, -0.15) is 0 Å². The van der Waals surface area contributed by atoms with Gasteiger partial charge in [0, 0.05) is 24.5 Å². The Morgan fingerprint density at radius 3 is 2.43 bits per heavy atom. The molecule has 0 unspecified atom stereocenters. The summed E-state index contributed by atoms with van der Waals surface area (Å²) < 4.78 is 14.6. The van der Waals surface area contributed by atoms with Crippen molar-refractivity contribution in [1.82, 2.24) is 25.1 Å². The van der Waals surface area contributed by atoms with Crippen molar-refractivity contribution >= 4 is 23.3 Å². The van der Waals surface area contributed by atoms with Crippen LogP contribution in [0.5, 0.6) is 0 Å². The molecule has 1 N–H and O–H groups in total. The van der Waals surface area contributed by atoms with Gasteiger partial charge in [0.2, 0.25) is 5.91 Å². The van der Waals surface area contributed by atoms with Crippen LogP contribution in [0.2, 0.25) is 0 Å². The number of benzene rings is 2. The number of hydrogen-bond acceptors (Lipinski definition) is 5. The Bertz CT molecular complexity index is 974. The van der Waals surface area contributed by atoms with E-state index in [0.29, 0.717) is 24.5 Å². The van der Waals surface area contributed by atoms with Gasteiger partial charge < -0.3 is 10.2 Å². The lowest BCUT2D eigenvalue weighted by Crippen LogP contribution is -2.37. The Hall–Kier alpha value is -3.82. The first-order valence-electron chi connectivity index (χ1n) is 8.55. The van der Waals surface area contributed by atoms with E-state index in [9.17, 15) is 14.0 Å². The molecule has 4 rings (SSSR count). The summed E-state index contributed by atoms with van der Waals surface area (Å²) in [7, 11) is 0. The molecule has 3 aromatic rings. The quantitative estimate of drug-likeness (QED) is 0.725. The van der Waals surface area contributed by atoms with Crippen LogP contribution < -0.4 is 10.2 Å². The van der Waals surface area contributed by atoms with Crippen LogP contribution in [0.15, 0.2) is 54.9 Å². The van der Waals surface area contributed by atoms with Gasteiger partial charge >= 0.3 is 6.03 Å². The van der Waals surface area contributed by atoms with Crippen molar-refractivity contribution in [2.45, 2.75) is 0 Å². The average molecular weight is 381 g/mol. The molecule has 2 heterocycles. The average Bonchev–Trinajstić information content (AvgIpc) is 3.34. The maximum Gasteiger partial charge on any atom is 0.325 e. The van der Waals surface area contributed by atoms with E-state index in [0.717, 1.165) is 5.69 Å². The molecule has 142 valence electrons. The van der Waals surface area contributed by atoms with Crippen LogP contribution in [0.4, 0.5) is 20.6 Å². The summed E-state index contributed by atoms with van der Waals surface area (Å²) in [5.74, 6) is -0.665. The number of amides is 3. The number of carbonyl (C=O) groups is 2. The van der Waals surface area contributed by atoms with Crippen molar-refractivity contribution in [1.29, 1.82) is 0 Å². The van der Waals surface area contributed by atoms with Gasteiger partial charge in [-0.15, -0.1) is 5.10 Å². The number of hydrogen-bond donors (Lipinski definition) is 1. The third kappa shape index (κ3) is 3.65. The van der Waals surface area contributed by atoms with Crippen molar-refractivity contribution in [2.24, 2.45) is 0 Å². The van der Waals surface area contributed by atoms with E-state index in [2.05, 4.69) is 20.8 Å². The molecule has 10 heteroatoms. The van der Waals surface area contributed by atoms with Crippen LogP contribution in [0, 0.1) is 5.82 Å². The first-order chi connectivity index (χ1) is 13.6. The van der Waals surface area contributed by atoms with Gasteiger partial charge in [0.05, 0.1) is 5.69 Å². The van der Waals surface area contributed by atoms with Gasteiger partial charge in [0.15, 0.2) is 0 Å². The molecule has 1 aromatic heterocycles. The van der Waals surface area contributed by atoms with Gasteiger partial charge in [-0.3, -0.25) is 9.69 Å². The Balaban J connectivity index is 1.35. The van der Waals surface area contributed by atoms with Crippen molar-refractivity contribution < 1.29 is 14.0 Å². The summed E-state index contributed by atoms with van der Waals surface area (Å²) in [5, 5.41) is 13.7. The Labute approximate surface area is 159 Å². The lowest BCUT2D eigenvalue weighted by Gasteiger charge is -2.18. The third-order valence-corrected chi connectivity index (χ3v) is 4.33. The second kappa shape index (κ2) is 7.43. The van der Waals surface area contributed by atoms with E-state index >= 15 is 0 Å². The van der Waals surface area contributed by atoms with Gasteiger partial charge in [0.1, 0.15) is 18.7 Å². The minimum Gasteiger partial charge on any atom is -0.325 e. The minimum atomic E-state index is -0.363. The van der Waals surface area contributed by atoms with Crippen LogP contribution in [0.1, 0.15) is 0 Å². The number of nitrogens with zero attached hydrogens (tertiary/aromatic N) is 6. The van der Waals surface area contributed by atoms with E-state index in [1.54, 1.807) is 36.4 Å². The topological polar surface area (TPSA) is 96.2 Å². The number of urea groups is 1. The Morgan fingerprint density at radius 2 is 1.75 bits per heavy atom. The maximum absolute atomic E-state index is 13.1. The van der Waals surface area contributed by atoms with Gasteiger partial charge in [-0.25, -0.2) is 13.9 Å². The van der Waals surface area contributed by atoms with E-state index < -0.39 is 0 Å². The number of carbonyl (C=O) groups excluding carboxylic acids is 2. The molecule has 0 aliphatic carbocycles. The van der Waals surface area contributed by atoms with Crippen molar-refractivity contribution in [2.75, 3.05) is 29.9 Å². The summed E-state index contributed by atoms with van der Waals surface area (Å²) in [6, 6.07) is 12.4. The van der Waals surface area contributed by atoms with Crippen molar-refractivity contribution in [3.8, 4) is 5.69 Å². The lowest BCUT2D eigenvalue weighted by atomic mass is 10.3. The highest BCUT2D eigenvalue weighted by molar-refractivity contribution is 5.99. The largest absolute Gasteiger partial charge is 0.325 e. The molecule has 0 radical (unpaired) electrons. The molecule has 1 saturated heterocycles. The fraction of sp³-hybridized carbons (Fsp3) is 0.167. The van der Waals surface area contributed by atoms with E-state index in [1.165, 1.54) is 32.9 Å². The predicted molar refractivity (Wildman–Crippen MR) is 98.5 cm³/mol. The molecule has 0 spiro atoms. The number of nitrogens with one attached hydrogen (secondary N) is 1. The predicted octanol–water partition coefficient (Wildman–Crippen LogP) is 1.68. The van der Waals surface area contributed by atoms with E-state index in [-0.39, 0.29) is 24.3 Å². The Kier molecular flexibility index (Phi) is 4.67. The van der Waals surface area contributed by atoms with Gasteiger partial charge in [0.25, 0.3) is 0 Å². The highest BCUT2D eigenvalue weighted by Gasteiger charge is 2.30. The van der Waals surface area contributed by atoms with Crippen LogP contribution in [0.3, 0.4) is 0 Å². The summed E-state index contributed by atoms with van der Waals surface area (Å²) in [5.41, 5.74) is 1.96. The minimum absolute atomic E-state index is 0.0642. The second-order valence-corrected chi connectivity index (χ2v) is 6.18. The number of tetrazole rings is 1. The summed E-state index contributed by atoms with van der Waals surface area (Å²) in [6.07, 6.45) is 1.47. The highest BCUT2D eigenvalue weighted by Crippen LogP contribution is 2.20. The highest BCUT2D eigenvalue weighted by atomic mass is 19.1. The zero-order valence-corrected chi connectivity index (χ0v) is 14.7. The molecule has 0 bridgehead atoms. The van der Waals surface area contributed by atoms with Crippen LogP contribution in [0.25, 0.3) is 5.69 Å². The smallest absolute Gasteiger partial charge is 0.325 e.